The maximum absolute atomic E-state index is 13.3. The van der Waals surface area contributed by atoms with Gasteiger partial charge in [-0.25, -0.2) is 18.7 Å². The van der Waals surface area contributed by atoms with Crippen molar-refractivity contribution in [3.05, 3.63) is 35.7 Å². The van der Waals surface area contributed by atoms with Crippen LogP contribution in [0.1, 0.15) is 56.8 Å². The lowest BCUT2D eigenvalue weighted by Gasteiger charge is -2.26. The van der Waals surface area contributed by atoms with Crippen molar-refractivity contribution in [1.82, 2.24) is 15.0 Å². The van der Waals surface area contributed by atoms with Crippen LogP contribution in [-0.4, -0.2) is 33.0 Å². The van der Waals surface area contributed by atoms with Gasteiger partial charge in [-0.05, 0) is 49.6 Å². The Morgan fingerprint density at radius 1 is 1.18 bits per heavy atom. The summed E-state index contributed by atoms with van der Waals surface area (Å²) in [6.45, 7) is 5.81. The molecule has 2 aliphatic carbocycles. The molecule has 1 unspecified atom stereocenters. The summed E-state index contributed by atoms with van der Waals surface area (Å²) in [7, 11) is 0. The molecule has 1 aromatic carbocycles. The second kappa shape index (κ2) is 9.29. The highest BCUT2D eigenvalue weighted by Gasteiger charge is 2.61. The Morgan fingerprint density at radius 2 is 1.91 bits per heavy atom. The molecule has 0 saturated heterocycles. The second-order valence-corrected chi connectivity index (χ2v) is 9.14. The number of thioether (sulfide) groups is 1. The topological polar surface area (TPSA) is 82.7 Å². The molecule has 0 aliphatic heterocycles. The number of pyridine rings is 1. The monoisotopic (exact) mass is 473 g/mol. The van der Waals surface area contributed by atoms with Gasteiger partial charge in [0.1, 0.15) is 23.1 Å². The van der Waals surface area contributed by atoms with E-state index < -0.39 is 24.2 Å². The number of anilines is 3. The number of carbonyl (C=O) groups excluding carboxylic acids is 1. The van der Waals surface area contributed by atoms with Gasteiger partial charge < -0.3 is 15.6 Å². The van der Waals surface area contributed by atoms with Gasteiger partial charge in [-0.3, -0.25) is 4.79 Å². The molecule has 0 bridgehead atoms. The zero-order chi connectivity index (χ0) is 23.8. The molecule has 33 heavy (non-hydrogen) atoms. The van der Waals surface area contributed by atoms with E-state index in [0.717, 1.165) is 10.6 Å². The first-order valence-electron chi connectivity index (χ1n) is 11.3. The van der Waals surface area contributed by atoms with Crippen LogP contribution in [0.4, 0.5) is 26.0 Å². The summed E-state index contributed by atoms with van der Waals surface area (Å²) in [5.74, 6) is -3.41. The first kappa shape index (κ1) is 23.5. The number of imidazole rings is 1. The number of hydrogen-bond donors (Lipinski definition) is 3. The van der Waals surface area contributed by atoms with Gasteiger partial charge in [-0.1, -0.05) is 26.3 Å². The first-order valence-corrected chi connectivity index (χ1v) is 12.6. The molecule has 2 heterocycles. The van der Waals surface area contributed by atoms with Crippen molar-refractivity contribution in [2.24, 2.45) is 5.92 Å². The summed E-state index contributed by atoms with van der Waals surface area (Å²) in [5.41, 5.74) is 4.08. The third-order valence-corrected chi connectivity index (χ3v) is 6.82. The van der Waals surface area contributed by atoms with Crippen LogP contribution in [0, 0.1) is 12.8 Å². The minimum atomic E-state index is -2.92. The van der Waals surface area contributed by atoms with Crippen LogP contribution in [0.25, 0.3) is 11.2 Å². The van der Waals surface area contributed by atoms with Crippen molar-refractivity contribution in [2.45, 2.75) is 63.2 Å². The van der Waals surface area contributed by atoms with Crippen LogP contribution < -0.4 is 10.6 Å². The standard InChI is InChI=1S/C22H23F2N5OS.C2H6/c1-11-25-19-16(27-15-7-6-13(8-17(15)31-2)12-4-3-5-12)9-18(28-20(19)26-11)29-21(30)14-10-22(14,23)24;1-2/h6-9,12,14H,3-5,10H2,1-2H3,(H3,25,26,27,28,29,30);1-2H3. The van der Waals surface area contributed by atoms with Crippen molar-refractivity contribution >= 4 is 46.0 Å². The highest BCUT2D eigenvalue weighted by atomic mass is 32.2. The quantitative estimate of drug-likeness (QED) is 0.351. The van der Waals surface area contributed by atoms with Crippen LogP contribution in [-0.2, 0) is 4.79 Å². The molecule has 0 spiro atoms. The summed E-state index contributed by atoms with van der Waals surface area (Å²) in [5, 5.41) is 5.95. The van der Waals surface area contributed by atoms with Gasteiger partial charge in [0.25, 0.3) is 5.92 Å². The van der Waals surface area contributed by atoms with Gasteiger partial charge in [-0.15, -0.1) is 11.8 Å². The van der Waals surface area contributed by atoms with E-state index in [0.29, 0.717) is 28.6 Å². The number of halogens is 2. The highest BCUT2D eigenvalue weighted by Crippen LogP contribution is 2.49. The Balaban J connectivity index is 0.00000126. The minimum Gasteiger partial charge on any atom is -0.353 e. The molecule has 1 amide bonds. The van der Waals surface area contributed by atoms with E-state index in [1.807, 2.05) is 27.0 Å². The molecule has 3 aromatic rings. The molecule has 6 nitrogen and oxygen atoms in total. The number of H-pyrrole nitrogens is 1. The summed E-state index contributed by atoms with van der Waals surface area (Å²) in [6.07, 6.45) is 5.38. The normalized spacial score (nSPS) is 18.8. The number of nitrogens with zero attached hydrogens (tertiary/aromatic N) is 2. The second-order valence-electron chi connectivity index (χ2n) is 8.30. The van der Waals surface area contributed by atoms with Crippen molar-refractivity contribution in [2.75, 3.05) is 16.9 Å². The number of nitrogens with one attached hydrogen (secondary N) is 3. The molecule has 5 rings (SSSR count). The number of hydrogen-bond acceptors (Lipinski definition) is 5. The predicted molar refractivity (Wildman–Crippen MR) is 130 cm³/mol. The molecule has 3 N–H and O–H groups in total. The third kappa shape index (κ3) is 4.83. The Labute approximate surface area is 196 Å². The highest BCUT2D eigenvalue weighted by molar-refractivity contribution is 7.98. The fraction of sp³-hybridized carbons (Fsp3) is 0.458. The predicted octanol–water partition coefficient (Wildman–Crippen LogP) is 6.62. The molecule has 2 fully saturated rings. The molecule has 0 radical (unpaired) electrons. The molecule has 9 heteroatoms. The molecule has 176 valence electrons. The van der Waals surface area contributed by atoms with Crippen molar-refractivity contribution < 1.29 is 13.6 Å². The molecule has 2 saturated carbocycles. The van der Waals surface area contributed by atoms with Crippen molar-refractivity contribution in [3.8, 4) is 0 Å². The molecule has 2 aromatic heterocycles. The summed E-state index contributed by atoms with van der Waals surface area (Å²) in [6, 6.07) is 8.10. The smallest absolute Gasteiger partial charge is 0.260 e. The van der Waals surface area contributed by atoms with Crippen molar-refractivity contribution in [3.63, 3.8) is 0 Å². The molecule has 2 aliphatic rings. The number of carbonyl (C=O) groups is 1. The number of alkyl halides is 2. The summed E-state index contributed by atoms with van der Waals surface area (Å²) >= 11 is 1.66. The number of aromatic amines is 1. The fourth-order valence-corrected chi connectivity index (χ4v) is 4.52. The van der Waals surface area contributed by atoms with Gasteiger partial charge >= 0.3 is 0 Å². The Hall–Kier alpha value is -2.68. The van der Waals surface area contributed by atoms with E-state index in [-0.39, 0.29) is 5.82 Å². The van der Waals surface area contributed by atoms with Gasteiger partial charge in [0.05, 0.1) is 11.4 Å². The zero-order valence-corrected chi connectivity index (χ0v) is 20.1. The summed E-state index contributed by atoms with van der Waals surface area (Å²) in [4.78, 5) is 25.1. The van der Waals surface area contributed by atoms with E-state index in [1.165, 1.54) is 24.8 Å². The molecular formula is C24H29F2N5OS. The van der Waals surface area contributed by atoms with Gasteiger partial charge in [0, 0.05) is 17.4 Å². The van der Waals surface area contributed by atoms with E-state index in [1.54, 1.807) is 17.8 Å². The Kier molecular flexibility index (Phi) is 6.61. The first-order chi connectivity index (χ1) is 15.8. The Morgan fingerprint density at radius 3 is 2.52 bits per heavy atom. The molecular weight excluding hydrogens is 444 g/mol. The SMILES string of the molecule is CC.CSc1cc(C2CCC2)ccc1Nc1cc(NC(=O)C2CC2(F)F)nc2nc(C)[nH]c12. The van der Waals surface area contributed by atoms with Crippen LogP contribution >= 0.6 is 11.8 Å². The van der Waals surface area contributed by atoms with Gasteiger partial charge in [0.2, 0.25) is 5.91 Å². The maximum atomic E-state index is 13.3. The number of aryl methyl sites for hydroxylation is 1. The average molecular weight is 474 g/mol. The zero-order valence-electron chi connectivity index (χ0n) is 19.3. The lowest BCUT2D eigenvalue weighted by atomic mass is 9.80. The molecule has 1 atom stereocenters. The summed E-state index contributed by atoms with van der Waals surface area (Å²) < 4.78 is 26.5. The number of fused-ring (bicyclic) bond motifs is 1. The number of aromatic nitrogens is 3. The van der Waals surface area contributed by atoms with Crippen LogP contribution in [0.3, 0.4) is 0 Å². The van der Waals surface area contributed by atoms with E-state index in [9.17, 15) is 13.6 Å². The lowest BCUT2D eigenvalue weighted by molar-refractivity contribution is -0.119. The van der Waals surface area contributed by atoms with Gasteiger partial charge in [0.15, 0.2) is 5.65 Å². The van der Waals surface area contributed by atoms with Gasteiger partial charge in [-0.2, -0.15) is 0 Å². The number of rotatable bonds is 6. The number of benzene rings is 1. The largest absolute Gasteiger partial charge is 0.353 e. The lowest BCUT2D eigenvalue weighted by Crippen LogP contribution is -2.18. The third-order valence-electron chi connectivity index (χ3n) is 6.05. The average Bonchev–Trinajstić information content (AvgIpc) is 3.22. The maximum Gasteiger partial charge on any atom is 0.260 e. The Bertz CT molecular complexity index is 1180. The minimum absolute atomic E-state index is 0.200. The van der Waals surface area contributed by atoms with Crippen molar-refractivity contribution in [1.29, 1.82) is 0 Å². The van der Waals surface area contributed by atoms with Crippen LogP contribution in [0.15, 0.2) is 29.2 Å². The van der Waals surface area contributed by atoms with E-state index in [2.05, 4.69) is 43.8 Å². The van der Waals surface area contributed by atoms with Crippen LogP contribution in [0.5, 0.6) is 0 Å². The van der Waals surface area contributed by atoms with E-state index >= 15 is 0 Å². The van der Waals surface area contributed by atoms with E-state index in [4.69, 9.17) is 0 Å². The number of amides is 1. The fourth-order valence-electron chi connectivity index (χ4n) is 3.93. The van der Waals surface area contributed by atoms with Crippen LogP contribution in [0.2, 0.25) is 0 Å².